The summed E-state index contributed by atoms with van der Waals surface area (Å²) in [6, 6.07) is 15.9. The Hall–Kier alpha value is -2.68. The van der Waals surface area contributed by atoms with E-state index in [1.54, 1.807) is 12.5 Å². The molecule has 0 radical (unpaired) electrons. The SMILES string of the molecule is Cc1ccc(-n2cnnc2SCC(=O)Nc2ncc(Cc3ccccc3)s2)cc1Cl. The summed E-state index contributed by atoms with van der Waals surface area (Å²) in [5.74, 6) is 0.0587. The van der Waals surface area contributed by atoms with Crippen molar-refractivity contribution in [2.24, 2.45) is 0 Å². The minimum atomic E-state index is -0.142. The van der Waals surface area contributed by atoms with E-state index in [2.05, 4.69) is 32.6 Å². The second-order valence-corrected chi connectivity index (χ2v) is 9.01. The number of carbonyl (C=O) groups is 1. The molecule has 0 bridgehead atoms. The summed E-state index contributed by atoms with van der Waals surface area (Å²) in [5.41, 5.74) is 3.06. The van der Waals surface area contributed by atoms with Crippen LogP contribution in [0.4, 0.5) is 5.13 Å². The van der Waals surface area contributed by atoms with Crippen LogP contribution in [0.2, 0.25) is 5.02 Å². The molecule has 9 heteroatoms. The highest BCUT2D eigenvalue weighted by Gasteiger charge is 2.12. The molecular weight excluding hydrogens is 438 g/mol. The van der Waals surface area contributed by atoms with E-state index in [9.17, 15) is 4.79 Å². The Labute approximate surface area is 187 Å². The van der Waals surface area contributed by atoms with Gasteiger partial charge in [0.2, 0.25) is 5.91 Å². The lowest BCUT2D eigenvalue weighted by Gasteiger charge is -2.07. The van der Waals surface area contributed by atoms with Gasteiger partial charge in [0.15, 0.2) is 10.3 Å². The maximum Gasteiger partial charge on any atom is 0.236 e. The highest BCUT2D eigenvalue weighted by Crippen LogP contribution is 2.25. The molecule has 2 aromatic carbocycles. The molecule has 0 saturated heterocycles. The van der Waals surface area contributed by atoms with Crippen molar-refractivity contribution in [1.29, 1.82) is 0 Å². The molecule has 30 heavy (non-hydrogen) atoms. The van der Waals surface area contributed by atoms with Crippen molar-refractivity contribution in [2.75, 3.05) is 11.1 Å². The van der Waals surface area contributed by atoms with E-state index >= 15 is 0 Å². The van der Waals surface area contributed by atoms with Gasteiger partial charge in [-0.25, -0.2) is 4.98 Å². The fraction of sp³-hybridized carbons (Fsp3) is 0.143. The number of aromatic nitrogens is 4. The van der Waals surface area contributed by atoms with Crippen molar-refractivity contribution >= 4 is 45.7 Å². The van der Waals surface area contributed by atoms with E-state index in [1.165, 1.54) is 28.7 Å². The first kappa shape index (κ1) is 20.6. The fourth-order valence-electron chi connectivity index (χ4n) is 2.76. The topological polar surface area (TPSA) is 72.7 Å². The van der Waals surface area contributed by atoms with Gasteiger partial charge in [-0.2, -0.15) is 0 Å². The number of rotatable bonds is 7. The second-order valence-electron chi connectivity index (χ2n) is 6.55. The van der Waals surface area contributed by atoms with Crippen molar-refractivity contribution < 1.29 is 4.79 Å². The molecule has 152 valence electrons. The maximum absolute atomic E-state index is 12.4. The lowest BCUT2D eigenvalue weighted by molar-refractivity contribution is -0.113. The highest BCUT2D eigenvalue weighted by atomic mass is 35.5. The van der Waals surface area contributed by atoms with E-state index in [0.717, 1.165) is 22.5 Å². The van der Waals surface area contributed by atoms with E-state index in [0.29, 0.717) is 15.3 Å². The minimum absolute atomic E-state index is 0.142. The smallest absolute Gasteiger partial charge is 0.236 e. The number of halogens is 1. The van der Waals surface area contributed by atoms with E-state index < -0.39 is 0 Å². The van der Waals surface area contributed by atoms with Crippen LogP contribution in [0.15, 0.2) is 66.2 Å². The summed E-state index contributed by atoms with van der Waals surface area (Å²) in [5, 5.41) is 12.8. The number of hydrogen-bond donors (Lipinski definition) is 1. The monoisotopic (exact) mass is 455 g/mol. The van der Waals surface area contributed by atoms with Crippen LogP contribution >= 0.6 is 34.7 Å². The number of nitrogens with one attached hydrogen (secondary N) is 1. The van der Waals surface area contributed by atoms with Crippen LogP contribution in [0, 0.1) is 6.92 Å². The predicted octanol–water partition coefficient (Wildman–Crippen LogP) is 5.01. The summed E-state index contributed by atoms with van der Waals surface area (Å²) in [7, 11) is 0. The predicted molar refractivity (Wildman–Crippen MR) is 122 cm³/mol. The van der Waals surface area contributed by atoms with Gasteiger partial charge in [-0.1, -0.05) is 59.8 Å². The minimum Gasteiger partial charge on any atom is -0.301 e. The number of anilines is 1. The normalized spacial score (nSPS) is 10.9. The Bertz CT molecular complexity index is 1160. The van der Waals surface area contributed by atoms with Crippen molar-refractivity contribution in [3.63, 3.8) is 0 Å². The molecule has 2 heterocycles. The Morgan fingerprint density at radius 1 is 1.23 bits per heavy atom. The van der Waals surface area contributed by atoms with Crippen LogP contribution in [-0.4, -0.2) is 31.4 Å². The molecule has 0 fully saturated rings. The van der Waals surface area contributed by atoms with Gasteiger partial charge in [0.1, 0.15) is 6.33 Å². The van der Waals surface area contributed by atoms with Gasteiger partial charge in [0.25, 0.3) is 0 Å². The molecule has 1 N–H and O–H groups in total. The molecule has 4 aromatic rings. The Morgan fingerprint density at radius 3 is 2.87 bits per heavy atom. The molecule has 0 unspecified atom stereocenters. The number of thiazole rings is 1. The molecule has 2 aromatic heterocycles. The number of nitrogens with zero attached hydrogens (tertiary/aromatic N) is 4. The molecule has 0 saturated carbocycles. The van der Waals surface area contributed by atoms with E-state index in [1.807, 2.05) is 47.9 Å². The van der Waals surface area contributed by atoms with Gasteiger partial charge < -0.3 is 5.32 Å². The first-order chi connectivity index (χ1) is 14.6. The number of amides is 1. The van der Waals surface area contributed by atoms with Gasteiger partial charge in [0, 0.05) is 22.5 Å². The van der Waals surface area contributed by atoms with Crippen LogP contribution in [0.25, 0.3) is 5.69 Å². The van der Waals surface area contributed by atoms with Crippen LogP contribution in [0.3, 0.4) is 0 Å². The zero-order valence-electron chi connectivity index (χ0n) is 16.1. The van der Waals surface area contributed by atoms with Crippen LogP contribution in [0.1, 0.15) is 16.0 Å². The number of benzene rings is 2. The van der Waals surface area contributed by atoms with Gasteiger partial charge in [-0.05, 0) is 30.2 Å². The van der Waals surface area contributed by atoms with Gasteiger partial charge >= 0.3 is 0 Å². The van der Waals surface area contributed by atoms with Crippen molar-refractivity contribution in [3.8, 4) is 5.69 Å². The molecule has 0 aliphatic rings. The number of hydrogen-bond acceptors (Lipinski definition) is 6. The lowest BCUT2D eigenvalue weighted by atomic mass is 10.1. The van der Waals surface area contributed by atoms with E-state index in [4.69, 9.17) is 11.6 Å². The Kier molecular flexibility index (Phi) is 6.47. The quantitative estimate of drug-likeness (QED) is 0.396. The zero-order chi connectivity index (χ0) is 20.9. The average molecular weight is 456 g/mol. The van der Waals surface area contributed by atoms with Gasteiger partial charge in [-0.3, -0.25) is 9.36 Å². The highest BCUT2D eigenvalue weighted by molar-refractivity contribution is 7.99. The fourth-order valence-corrected chi connectivity index (χ4v) is 4.53. The first-order valence-electron chi connectivity index (χ1n) is 9.16. The van der Waals surface area contributed by atoms with E-state index in [-0.39, 0.29) is 11.7 Å². The van der Waals surface area contributed by atoms with Crippen LogP contribution in [0.5, 0.6) is 0 Å². The third kappa shape index (κ3) is 5.08. The first-order valence-corrected chi connectivity index (χ1v) is 11.3. The maximum atomic E-state index is 12.4. The zero-order valence-corrected chi connectivity index (χ0v) is 18.5. The second kappa shape index (κ2) is 9.42. The summed E-state index contributed by atoms with van der Waals surface area (Å²) >= 11 is 9.01. The summed E-state index contributed by atoms with van der Waals surface area (Å²) in [6.45, 7) is 1.95. The average Bonchev–Trinajstić information content (AvgIpc) is 3.39. The molecule has 6 nitrogen and oxygen atoms in total. The Balaban J connectivity index is 1.35. The van der Waals surface area contributed by atoms with Crippen molar-refractivity contribution in [2.45, 2.75) is 18.5 Å². The largest absolute Gasteiger partial charge is 0.301 e. The molecule has 0 atom stereocenters. The molecule has 0 spiro atoms. The molecule has 1 amide bonds. The van der Waals surface area contributed by atoms with Gasteiger partial charge in [0.05, 0.1) is 11.4 Å². The number of thioether (sulfide) groups is 1. The summed E-state index contributed by atoms with van der Waals surface area (Å²) in [4.78, 5) is 17.8. The molecule has 4 rings (SSSR count). The molecule has 0 aliphatic heterocycles. The third-order valence-corrected chi connectivity index (χ3v) is 6.57. The third-order valence-electron chi connectivity index (χ3n) is 4.30. The lowest BCUT2D eigenvalue weighted by Crippen LogP contribution is -2.14. The van der Waals surface area contributed by atoms with Crippen LogP contribution in [-0.2, 0) is 11.2 Å². The number of carbonyl (C=O) groups excluding carboxylic acids is 1. The van der Waals surface area contributed by atoms with Crippen molar-refractivity contribution in [3.05, 3.63) is 82.1 Å². The standard InChI is InChI=1S/C21H18ClN5OS2/c1-14-7-8-16(10-18(14)22)27-13-24-26-21(27)29-12-19(28)25-20-23-11-17(30-20)9-15-5-3-2-4-6-15/h2-8,10-11,13H,9,12H2,1H3,(H,23,25,28). The van der Waals surface area contributed by atoms with Gasteiger partial charge in [-0.15, -0.1) is 21.5 Å². The summed E-state index contributed by atoms with van der Waals surface area (Å²) < 4.78 is 1.81. The summed E-state index contributed by atoms with van der Waals surface area (Å²) in [6.07, 6.45) is 4.21. The number of aryl methyl sites for hydroxylation is 1. The molecule has 0 aliphatic carbocycles. The van der Waals surface area contributed by atoms with Crippen molar-refractivity contribution in [1.82, 2.24) is 19.7 Å². The molecular formula is C21H18ClN5OS2. The Morgan fingerprint density at radius 2 is 2.07 bits per heavy atom. The van der Waals surface area contributed by atoms with Crippen LogP contribution < -0.4 is 5.32 Å².